The molecule has 0 aliphatic rings. The van der Waals surface area contributed by atoms with Gasteiger partial charge < -0.3 is 9.80 Å². The standard InChI is InChI=1S/C12H17N5O/c1-9(7-13)8-17(4)11-6-5-10(14-15-11)12(18)16(2)3/h5-6,9H,8H2,1-4H3. The zero-order chi connectivity index (χ0) is 13.7. The van der Waals surface area contributed by atoms with Crippen molar-refractivity contribution in [3.63, 3.8) is 0 Å². The highest BCUT2D eigenvalue weighted by Gasteiger charge is 2.12. The van der Waals surface area contributed by atoms with Crippen LogP contribution in [0.5, 0.6) is 0 Å². The van der Waals surface area contributed by atoms with Crippen molar-refractivity contribution < 1.29 is 4.79 Å². The molecular formula is C12H17N5O. The van der Waals surface area contributed by atoms with E-state index in [9.17, 15) is 4.79 Å². The van der Waals surface area contributed by atoms with Crippen LogP contribution in [0, 0.1) is 17.2 Å². The van der Waals surface area contributed by atoms with Gasteiger partial charge in [-0.15, -0.1) is 10.2 Å². The highest BCUT2D eigenvalue weighted by Crippen LogP contribution is 2.10. The molecule has 0 aliphatic carbocycles. The minimum atomic E-state index is -0.179. The summed E-state index contributed by atoms with van der Waals surface area (Å²) in [5, 5.41) is 16.6. The summed E-state index contributed by atoms with van der Waals surface area (Å²) in [6.07, 6.45) is 0. The minimum Gasteiger partial charge on any atom is -0.357 e. The van der Waals surface area contributed by atoms with Crippen molar-refractivity contribution in [2.75, 3.05) is 32.6 Å². The van der Waals surface area contributed by atoms with E-state index in [0.29, 0.717) is 18.1 Å². The summed E-state index contributed by atoms with van der Waals surface area (Å²) in [5.41, 5.74) is 0.311. The van der Waals surface area contributed by atoms with Crippen LogP contribution in [0.3, 0.4) is 0 Å². The maximum absolute atomic E-state index is 11.6. The number of anilines is 1. The molecule has 0 saturated heterocycles. The molecule has 0 N–H and O–H groups in total. The van der Waals surface area contributed by atoms with E-state index in [-0.39, 0.29) is 11.8 Å². The number of nitrogens with zero attached hydrogens (tertiary/aromatic N) is 5. The van der Waals surface area contributed by atoms with Crippen LogP contribution >= 0.6 is 0 Å². The number of hydrogen-bond acceptors (Lipinski definition) is 5. The fraction of sp³-hybridized carbons (Fsp3) is 0.500. The molecule has 1 aromatic heterocycles. The summed E-state index contributed by atoms with van der Waals surface area (Å²) in [7, 11) is 5.17. The Balaban J connectivity index is 2.77. The van der Waals surface area contributed by atoms with Crippen molar-refractivity contribution in [3.05, 3.63) is 17.8 Å². The molecule has 0 radical (unpaired) electrons. The second kappa shape index (κ2) is 5.96. The lowest BCUT2D eigenvalue weighted by Gasteiger charge is -2.18. The van der Waals surface area contributed by atoms with Gasteiger partial charge in [-0.2, -0.15) is 5.26 Å². The average Bonchev–Trinajstić information content (AvgIpc) is 2.37. The molecule has 1 rings (SSSR count). The zero-order valence-electron chi connectivity index (χ0n) is 11.1. The normalized spacial score (nSPS) is 11.5. The van der Waals surface area contributed by atoms with Gasteiger partial charge in [-0.05, 0) is 19.1 Å². The van der Waals surface area contributed by atoms with Crippen LogP contribution in [0.15, 0.2) is 12.1 Å². The van der Waals surface area contributed by atoms with Gasteiger partial charge in [0.15, 0.2) is 11.5 Å². The molecule has 18 heavy (non-hydrogen) atoms. The molecule has 1 heterocycles. The number of carbonyl (C=O) groups is 1. The Bertz CT molecular complexity index is 449. The van der Waals surface area contributed by atoms with E-state index < -0.39 is 0 Å². The number of rotatable bonds is 4. The summed E-state index contributed by atoms with van der Waals surface area (Å²) in [6.45, 7) is 2.42. The quantitative estimate of drug-likeness (QED) is 0.786. The van der Waals surface area contributed by atoms with Crippen molar-refractivity contribution in [2.45, 2.75) is 6.92 Å². The van der Waals surface area contributed by atoms with Crippen molar-refractivity contribution >= 4 is 11.7 Å². The predicted octanol–water partition coefficient (Wildman–Crippen LogP) is 0.774. The number of aromatic nitrogens is 2. The van der Waals surface area contributed by atoms with Crippen molar-refractivity contribution in [1.82, 2.24) is 15.1 Å². The van der Waals surface area contributed by atoms with Crippen molar-refractivity contribution in [1.29, 1.82) is 5.26 Å². The molecule has 1 amide bonds. The number of amides is 1. The Hall–Kier alpha value is -2.16. The molecule has 0 spiro atoms. The SMILES string of the molecule is CC(C#N)CN(C)c1ccc(C(=O)N(C)C)nn1. The third kappa shape index (κ3) is 3.42. The van der Waals surface area contributed by atoms with E-state index in [1.54, 1.807) is 26.2 Å². The van der Waals surface area contributed by atoms with Crippen LogP contribution in [0.1, 0.15) is 17.4 Å². The smallest absolute Gasteiger partial charge is 0.273 e. The van der Waals surface area contributed by atoms with E-state index in [2.05, 4.69) is 16.3 Å². The van der Waals surface area contributed by atoms with Crippen LogP contribution < -0.4 is 4.90 Å². The Morgan fingerprint density at radius 2 is 2.06 bits per heavy atom. The maximum atomic E-state index is 11.6. The molecule has 0 fully saturated rings. The van der Waals surface area contributed by atoms with Crippen LogP contribution in [-0.4, -0.2) is 48.7 Å². The molecule has 6 heteroatoms. The first kappa shape index (κ1) is 13.9. The molecule has 1 atom stereocenters. The first-order valence-electron chi connectivity index (χ1n) is 5.61. The summed E-state index contributed by atoms with van der Waals surface area (Å²) in [6, 6.07) is 5.53. The fourth-order valence-electron chi connectivity index (χ4n) is 1.42. The molecule has 1 unspecified atom stereocenters. The van der Waals surface area contributed by atoms with Gasteiger partial charge in [-0.3, -0.25) is 4.79 Å². The van der Waals surface area contributed by atoms with Crippen molar-refractivity contribution in [2.24, 2.45) is 5.92 Å². The van der Waals surface area contributed by atoms with E-state index >= 15 is 0 Å². The van der Waals surface area contributed by atoms with Gasteiger partial charge in [0.05, 0.1) is 12.0 Å². The highest BCUT2D eigenvalue weighted by atomic mass is 16.2. The van der Waals surface area contributed by atoms with Crippen molar-refractivity contribution in [3.8, 4) is 6.07 Å². The van der Waals surface area contributed by atoms with Crippen LogP contribution in [0.25, 0.3) is 0 Å². The van der Waals surface area contributed by atoms with Crippen LogP contribution in [0.2, 0.25) is 0 Å². The lowest BCUT2D eigenvalue weighted by atomic mass is 10.2. The van der Waals surface area contributed by atoms with E-state index in [1.807, 2.05) is 18.9 Å². The van der Waals surface area contributed by atoms with Gasteiger partial charge in [-0.25, -0.2) is 0 Å². The minimum absolute atomic E-state index is 0.0834. The second-order valence-electron chi connectivity index (χ2n) is 4.39. The lowest BCUT2D eigenvalue weighted by Crippen LogP contribution is -2.26. The third-order valence-electron chi connectivity index (χ3n) is 2.43. The Labute approximate surface area is 107 Å². The van der Waals surface area contributed by atoms with Crippen LogP contribution in [-0.2, 0) is 0 Å². The van der Waals surface area contributed by atoms with E-state index in [0.717, 1.165) is 0 Å². The Morgan fingerprint density at radius 3 is 2.50 bits per heavy atom. The molecule has 1 aromatic rings. The number of hydrogen-bond donors (Lipinski definition) is 0. The second-order valence-corrected chi connectivity index (χ2v) is 4.39. The lowest BCUT2D eigenvalue weighted by molar-refractivity contribution is 0.0821. The first-order chi connectivity index (χ1) is 8.45. The Morgan fingerprint density at radius 1 is 1.39 bits per heavy atom. The first-order valence-corrected chi connectivity index (χ1v) is 5.61. The summed E-state index contributed by atoms with van der Waals surface area (Å²) in [5.74, 6) is 0.384. The summed E-state index contributed by atoms with van der Waals surface area (Å²) >= 11 is 0. The van der Waals surface area contributed by atoms with Gasteiger partial charge in [0.2, 0.25) is 0 Å². The van der Waals surface area contributed by atoms with Gasteiger partial charge in [0, 0.05) is 27.7 Å². The molecule has 0 bridgehead atoms. The number of nitriles is 1. The Kier molecular flexibility index (Phi) is 4.60. The van der Waals surface area contributed by atoms with E-state index in [4.69, 9.17) is 5.26 Å². The maximum Gasteiger partial charge on any atom is 0.273 e. The zero-order valence-corrected chi connectivity index (χ0v) is 11.1. The topological polar surface area (TPSA) is 73.1 Å². The van der Waals surface area contributed by atoms with Gasteiger partial charge >= 0.3 is 0 Å². The summed E-state index contributed by atoms with van der Waals surface area (Å²) in [4.78, 5) is 14.9. The van der Waals surface area contributed by atoms with Gasteiger partial charge in [0.1, 0.15) is 0 Å². The fourth-order valence-corrected chi connectivity index (χ4v) is 1.42. The highest BCUT2D eigenvalue weighted by molar-refractivity contribution is 5.91. The molecule has 0 aliphatic heterocycles. The largest absolute Gasteiger partial charge is 0.357 e. The molecule has 0 saturated carbocycles. The van der Waals surface area contributed by atoms with Gasteiger partial charge in [0.25, 0.3) is 5.91 Å². The predicted molar refractivity (Wildman–Crippen MR) is 68.1 cm³/mol. The molecule has 6 nitrogen and oxygen atoms in total. The monoisotopic (exact) mass is 247 g/mol. The number of carbonyl (C=O) groups excluding carboxylic acids is 1. The summed E-state index contributed by atoms with van der Waals surface area (Å²) < 4.78 is 0. The molecular weight excluding hydrogens is 230 g/mol. The van der Waals surface area contributed by atoms with Crippen LogP contribution in [0.4, 0.5) is 5.82 Å². The molecule has 0 aromatic carbocycles. The third-order valence-corrected chi connectivity index (χ3v) is 2.43. The van der Waals surface area contributed by atoms with Gasteiger partial charge in [-0.1, -0.05) is 0 Å². The van der Waals surface area contributed by atoms with E-state index in [1.165, 1.54) is 4.90 Å². The molecule has 96 valence electrons. The average molecular weight is 247 g/mol.